The fourth-order valence-electron chi connectivity index (χ4n) is 2.65. The van der Waals surface area contributed by atoms with Crippen LogP contribution in [0.15, 0.2) is 77.9 Å². The lowest BCUT2D eigenvalue weighted by Crippen LogP contribution is -2.24. The van der Waals surface area contributed by atoms with Gasteiger partial charge in [0.15, 0.2) is 18.1 Å². The molecule has 0 saturated heterocycles. The first-order valence-corrected chi connectivity index (χ1v) is 9.61. The molecule has 3 aromatic rings. The summed E-state index contributed by atoms with van der Waals surface area (Å²) < 4.78 is 15.9. The van der Waals surface area contributed by atoms with E-state index in [1.54, 1.807) is 48.5 Å². The van der Waals surface area contributed by atoms with Crippen LogP contribution in [0.3, 0.4) is 0 Å². The van der Waals surface area contributed by atoms with Crippen LogP contribution < -0.4 is 19.6 Å². The fraction of sp³-hybridized carbons (Fsp3) is 0.0870. The minimum Gasteiger partial charge on any atom is -0.493 e. The Labute approximate surface area is 188 Å². The predicted octanol–water partition coefficient (Wildman–Crippen LogP) is 3.35. The second kappa shape index (κ2) is 11.0. The zero-order valence-electron chi connectivity index (χ0n) is 17.5. The number of para-hydroxylation sites is 3. The number of non-ortho nitro benzene ring substituents is 1. The van der Waals surface area contributed by atoms with E-state index in [-0.39, 0.29) is 23.6 Å². The second-order valence-electron chi connectivity index (χ2n) is 6.46. The number of nitrogens with zero attached hydrogens (tertiary/aromatic N) is 2. The zero-order chi connectivity index (χ0) is 23.6. The van der Waals surface area contributed by atoms with Crippen molar-refractivity contribution in [1.29, 1.82) is 0 Å². The van der Waals surface area contributed by atoms with Gasteiger partial charge in [0, 0.05) is 17.7 Å². The summed E-state index contributed by atoms with van der Waals surface area (Å²) in [5, 5.41) is 14.6. The molecule has 0 saturated carbocycles. The number of benzene rings is 3. The maximum absolute atomic E-state index is 12.4. The van der Waals surface area contributed by atoms with E-state index in [2.05, 4.69) is 10.5 Å². The number of nitrogens with one attached hydrogen (secondary N) is 1. The second-order valence-corrected chi connectivity index (χ2v) is 6.46. The topological polar surface area (TPSA) is 129 Å². The van der Waals surface area contributed by atoms with Crippen molar-refractivity contribution in [2.24, 2.45) is 5.10 Å². The van der Waals surface area contributed by atoms with Crippen LogP contribution in [0.5, 0.6) is 17.2 Å². The van der Waals surface area contributed by atoms with E-state index in [1.165, 1.54) is 37.6 Å². The zero-order valence-corrected chi connectivity index (χ0v) is 17.5. The molecule has 0 spiro atoms. The van der Waals surface area contributed by atoms with Gasteiger partial charge in [-0.2, -0.15) is 5.10 Å². The van der Waals surface area contributed by atoms with Gasteiger partial charge in [0.1, 0.15) is 5.75 Å². The molecule has 0 aromatic heterocycles. The lowest BCUT2D eigenvalue weighted by molar-refractivity contribution is -0.384. The van der Waals surface area contributed by atoms with Gasteiger partial charge in [0.25, 0.3) is 11.6 Å². The number of methoxy groups -OCH3 is 1. The third kappa shape index (κ3) is 6.37. The molecule has 0 atom stereocenters. The summed E-state index contributed by atoms with van der Waals surface area (Å²) in [6.07, 6.45) is 1.32. The van der Waals surface area contributed by atoms with Crippen molar-refractivity contribution >= 4 is 23.8 Å². The summed E-state index contributed by atoms with van der Waals surface area (Å²) in [5.74, 6) is -0.0816. The molecule has 0 aliphatic heterocycles. The van der Waals surface area contributed by atoms with Crippen molar-refractivity contribution in [1.82, 2.24) is 5.43 Å². The first kappa shape index (κ1) is 22.9. The molecule has 0 heterocycles. The SMILES string of the molecule is COc1ccccc1OCC(=O)N/N=C/c1ccccc1OC(=O)c1ccc([N+](=O)[O-])cc1. The Morgan fingerprint density at radius 1 is 0.970 bits per heavy atom. The van der Waals surface area contributed by atoms with E-state index in [0.29, 0.717) is 17.1 Å². The Bertz CT molecular complexity index is 1180. The van der Waals surface area contributed by atoms with Crippen molar-refractivity contribution in [3.8, 4) is 17.2 Å². The van der Waals surface area contributed by atoms with E-state index in [4.69, 9.17) is 14.2 Å². The number of nitro groups is 1. The highest BCUT2D eigenvalue weighted by Gasteiger charge is 2.13. The first-order chi connectivity index (χ1) is 16.0. The lowest BCUT2D eigenvalue weighted by Gasteiger charge is -2.09. The normalized spacial score (nSPS) is 10.5. The number of hydrogen-bond donors (Lipinski definition) is 1. The maximum atomic E-state index is 12.4. The van der Waals surface area contributed by atoms with Crippen LogP contribution in [0.25, 0.3) is 0 Å². The summed E-state index contributed by atoms with van der Waals surface area (Å²) in [5.41, 5.74) is 2.77. The summed E-state index contributed by atoms with van der Waals surface area (Å²) in [6, 6.07) is 18.5. The number of carbonyl (C=O) groups is 2. The van der Waals surface area contributed by atoms with Crippen LogP contribution >= 0.6 is 0 Å². The first-order valence-electron chi connectivity index (χ1n) is 9.61. The van der Waals surface area contributed by atoms with Gasteiger partial charge in [-0.3, -0.25) is 14.9 Å². The summed E-state index contributed by atoms with van der Waals surface area (Å²) in [4.78, 5) is 34.6. The number of esters is 1. The van der Waals surface area contributed by atoms with Crippen molar-refractivity contribution in [3.05, 3.63) is 94.0 Å². The Morgan fingerprint density at radius 2 is 1.61 bits per heavy atom. The number of hydrogen-bond acceptors (Lipinski definition) is 8. The number of ether oxygens (including phenoxy) is 3. The molecule has 3 aromatic carbocycles. The molecule has 168 valence electrons. The number of amides is 1. The number of hydrazone groups is 1. The van der Waals surface area contributed by atoms with E-state index < -0.39 is 16.8 Å². The van der Waals surface area contributed by atoms with Crippen molar-refractivity contribution in [2.45, 2.75) is 0 Å². The molecule has 0 radical (unpaired) electrons. The van der Waals surface area contributed by atoms with Gasteiger partial charge < -0.3 is 14.2 Å². The smallest absolute Gasteiger partial charge is 0.343 e. The van der Waals surface area contributed by atoms with Crippen molar-refractivity contribution < 1.29 is 28.7 Å². The van der Waals surface area contributed by atoms with E-state index in [1.807, 2.05) is 0 Å². The molecule has 1 N–H and O–H groups in total. The highest BCUT2D eigenvalue weighted by Crippen LogP contribution is 2.25. The van der Waals surface area contributed by atoms with Crippen LogP contribution in [-0.2, 0) is 4.79 Å². The van der Waals surface area contributed by atoms with Gasteiger partial charge in [-0.05, 0) is 36.4 Å². The molecule has 1 amide bonds. The highest BCUT2D eigenvalue weighted by atomic mass is 16.6. The molecule has 0 unspecified atom stereocenters. The minimum absolute atomic E-state index is 0.135. The van der Waals surface area contributed by atoms with Gasteiger partial charge in [-0.25, -0.2) is 10.2 Å². The van der Waals surface area contributed by atoms with Crippen LogP contribution in [0.4, 0.5) is 5.69 Å². The lowest BCUT2D eigenvalue weighted by atomic mass is 10.2. The van der Waals surface area contributed by atoms with Crippen molar-refractivity contribution in [3.63, 3.8) is 0 Å². The van der Waals surface area contributed by atoms with Crippen LogP contribution in [0, 0.1) is 10.1 Å². The van der Waals surface area contributed by atoms with Gasteiger partial charge >= 0.3 is 5.97 Å². The number of rotatable bonds is 9. The van der Waals surface area contributed by atoms with Gasteiger partial charge in [0.05, 0.1) is 23.8 Å². The molecule has 3 rings (SSSR count). The monoisotopic (exact) mass is 449 g/mol. The van der Waals surface area contributed by atoms with Crippen LogP contribution in [0.2, 0.25) is 0 Å². The molecule has 0 aliphatic rings. The third-order valence-corrected chi connectivity index (χ3v) is 4.26. The van der Waals surface area contributed by atoms with E-state index >= 15 is 0 Å². The quantitative estimate of drug-likeness (QED) is 0.174. The molecule has 0 bridgehead atoms. The predicted molar refractivity (Wildman–Crippen MR) is 119 cm³/mol. The largest absolute Gasteiger partial charge is 0.493 e. The number of carbonyl (C=O) groups excluding carboxylic acids is 2. The third-order valence-electron chi connectivity index (χ3n) is 4.26. The Balaban J connectivity index is 1.58. The number of nitro benzene ring substituents is 1. The molecule has 10 heteroatoms. The maximum Gasteiger partial charge on any atom is 0.343 e. The summed E-state index contributed by atoms with van der Waals surface area (Å²) >= 11 is 0. The van der Waals surface area contributed by atoms with Crippen LogP contribution in [0.1, 0.15) is 15.9 Å². The Kier molecular flexibility index (Phi) is 7.68. The molecular weight excluding hydrogens is 430 g/mol. The average Bonchev–Trinajstić information content (AvgIpc) is 2.84. The molecule has 10 nitrogen and oxygen atoms in total. The van der Waals surface area contributed by atoms with Gasteiger partial charge in [0.2, 0.25) is 0 Å². The van der Waals surface area contributed by atoms with Gasteiger partial charge in [-0.15, -0.1) is 0 Å². The van der Waals surface area contributed by atoms with Gasteiger partial charge in [-0.1, -0.05) is 24.3 Å². The summed E-state index contributed by atoms with van der Waals surface area (Å²) in [6.45, 7) is -0.283. The van der Waals surface area contributed by atoms with E-state index in [0.717, 1.165) is 0 Å². The summed E-state index contributed by atoms with van der Waals surface area (Å²) in [7, 11) is 1.50. The molecule has 33 heavy (non-hydrogen) atoms. The standard InChI is InChI=1S/C23H19N3O7/c1-31-20-8-4-5-9-21(20)32-15-22(27)25-24-14-17-6-2-3-7-19(17)33-23(28)16-10-12-18(13-11-16)26(29)30/h2-14H,15H2,1H3,(H,25,27)/b24-14+. The Hall–Kier alpha value is -4.73. The molecule has 0 aliphatic carbocycles. The Morgan fingerprint density at radius 3 is 2.27 bits per heavy atom. The van der Waals surface area contributed by atoms with Crippen molar-refractivity contribution in [2.75, 3.05) is 13.7 Å². The average molecular weight is 449 g/mol. The van der Waals surface area contributed by atoms with E-state index in [9.17, 15) is 19.7 Å². The molecule has 0 fully saturated rings. The molecular formula is C23H19N3O7. The van der Waals surface area contributed by atoms with Crippen LogP contribution in [-0.4, -0.2) is 36.7 Å². The highest BCUT2D eigenvalue weighted by molar-refractivity contribution is 5.93. The minimum atomic E-state index is -0.694. The fourth-order valence-corrected chi connectivity index (χ4v) is 2.65.